The fraction of sp³-hybridized carbons (Fsp3) is 0.909. The minimum atomic E-state index is 0.134. The van der Waals surface area contributed by atoms with Crippen LogP contribution in [-0.2, 0) is 4.79 Å². The number of likely N-dealkylation sites (tertiary alicyclic amines) is 1. The normalized spacial score (nSPS) is 37.0. The van der Waals surface area contributed by atoms with Crippen molar-refractivity contribution in [1.82, 2.24) is 10.2 Å². The van der Waals surface area contributed by atoms with Gasteiger partial charge in [0, 0.05) is 12.6 Å². The van der Waals surface area contributed by atoms with Crippen molar-refractivity contribution in [2.24, 2.45) is 5.92 Å². The highest BCUT2D eigenvalue weighted by Gasteiger charge is 2.36. The first-order chi connectivity index (χ1) is 6.72. The molecule has 3 nitrogen and oxygen atoms in total. The minimum absolute atomic E-state index is 0.134. The van der Waals surface area contributed by atoms with Gasteiger partial charge in [0.25, 0.3) is 0 Å². The number of rotatable bonds is 2. The van der Waals surface area contributed by atoms with E-state index in [0.717, 1.165) is 25.9 Å². The van der Waals surface area contributed by atoms with Gasteiger partial charge < -0.3 is 10.2 Å². The third-order valence-corrected chi connectivity index (χ3v) is 3.50. The molecule has 2 aliphatic heterocycles. The second-order valence-corrected chi connectivity index (χ2v) is 4.69. The summed E-state index contributed by atoms with van der Waals surface area (Å²) in [7, 11) is 0. The van der Waals surface area contributed by atoms with E-state index in [1.54, 1.807) is 0 Å². The molecule has 0 radical (unpaired) electrons. The van der Waals surface area contributed by atoms with E-state index in [4.69, 9.17) is 0 Å². The molecular weight excluding hydrogens is 176 g/mol. The zero-order valence-electron chi connectivity index (χ0n) is 9.12. The molecule has 3 heteroatoms. The van der Waals surface area contributed by atoms with Gasteiger partial charge in [-0.2, -0.15) is 0 Å². The fourth-order valence-electron chi connectivity index (χ4n) is 2.51. The van der Waals surface area contributed by atoms with Crippen molar-refractivity contribution in [2.45, 2.75) is 45.2 Å². The third-order valence-electron chi connectivity index (χ3n) is 3.50. The van der Waals surface area contributed by atoms with Gasteiger partial charge in [-0.05, 0) is 31.7 Å². The molecule has 2 aliphatic rings. The molecule has 3 unspecified atom stereocenters. The van der Waals surface area contributed by atoms with Crippen LogP contribution in [0.4, 0.5) is 0 Å². The lowest BCUT2D eigenvalue weighted by Gasteiger charge is -2.33. The number of carbonyl (C=O) groups is 1. The van der Waals surface area contributed by atoms with Crippen molar-refractivity contribution < 1.29 is 4.79 Å². The monoisotopic (exact) mass is 196 g/mol. The summed E-state index contributed by atoms with van der Waals surface area (Å²) in [5.41, 5.74) is 0. The first-order valence-corrected chi connectivity index (χ1v) is 5.76. The van der Waals surface area contributed by atoms with Crippen LogP contribution in [-0.4, -0.2) is 36.0 Å². The van der Waals surface area contributed by atoms with Crippen molar-refractivity contribution in [1.29, 1.82) is 0 Å². The first-order valence-electron chi connectivity index (χ1n) is 5.76. The lowest BCUT2D eigenvalue weighted by Crippen LogP contribution is -2.55. The van der Waals surface area contributed by atoms with E-state index in [9.17, 15) is 4.79 Å². The Kier molecular flexibility index (Phi) is 2.77. The van der Waals surface area contributed by atoms with Gasteiger partial charge >= 0.3 is 0 Å². The minimum Gasteiger partial charge on any atom is -0.338 e. The molecule has 0 spiro atoms. The Morgan fingerprint density at radius 2 is 2.29 bits per heavy atom. The highest BCUT2D eigenvalue weighted by atomic mass is 16.2. The van der Waals surface area contributed by atoms with Gasteiger partial charge in [-0.15, -0.1) is 0 Å². The van der Waals surface area contributed by atoms with Gasteiger partial charge in [-0.3, -0.25) is 4.79 Å². The second-order valence-electron chi connectivity index (χ2n) is 4.69. The van der Waals surface area contributed by atoms with Crippen molar-refractivity contribution in [3.05, 3.63) is 0 Å². The average molecular weight is 196 g/mol. The molecule has 14 heavy (non-hydrogen) atoms. The lowest BCUT2D eigenvalue weighted by atomic mass is 10.0. The van der Waals surface area contributed by atoms with Gasteiger partial charge in [0.05, 0.1) is 6.04 Å². The van der Waals surface area contributed by atoms with Crippen molar-refractivity contribution in [3.63, 3.8) is 0 Å². The summed E-state index contributed by atoms with van der Waals surface area (Å²) in [5.74, 6) is 1.02. The Balaban J connectivity index is 1.97. The maximum absolute atomic E-state index is 12.0. The van der Waals surface area contributed by atoms with Crippen LogP contribution in [0.3, 0.4) is 0 Å². The number of hydrogen-bond donors (Lipinski definition) is 1. The fourth-order valence-corrected chi connectivity index (χ4v) is 2.51. The van der Waals surface area contributed by atoms with Crippen LogP contribution in [0.2, 0.25) is 0 Å². The smallest absolute Gasteiger partial charge is 0.240 e. The molecule has 0 aromatic rings. The number of amides is 1. The third kappa shape index (κ3) is 1.65. The van der Waals surface area contributed by atoms with Crippen LogP contribution in [0.1, 0.15) is 33.1 Å². The standard InChI is InChI=1S/C11H20N2O/c1-3-9-6-8(2)7-13(9)11(14)10-4-5-12-10/h8-10,12H,3-7H2,1-2H3. The molecule has 2 saturated heterocycles. The largest absolute Gasteiger partial charge is 0.338 e. The van der Waals surface area contributed by atoms with Gasteiger partial charge in [0.15, 0.2) is 0 Å². The number of carbonyl (C=O) groups excluding carboxylic acids is 1. The summed E-state index contributed by atoms with van der Waals surface area (Å²) in [6.45, 7) is 6.40. The van der Waals surface area contributed by atoms with Crippen LogP contribution < -0.4 is 5.32 Å². The van der Waals surface area contributed by atoms with Gasteiger partial charge in [0.2, 0.25) is 5.91 Å². The van der Waals surface area contributed by atoms with E-state index in [1.807, 2.05) is 0 Å². The Labute approximate surface area is 85.8 Å². The summed E-state index contributed by atoms with van der Waals surface area (Å²) in [6.07, 6.45) is 3.32. The quantitative estimate of drug-likeness (QED) is 0.714. The first kappa shape index (κ1) is 9.97. The SMILES string of the molecule is CCC1CC(C)CN1C(=O)C1CCN1. The van der Waals surface area contributed by atoms with E-state index < -0.39 is 0 Å². The van der Waals surface area contributed by atoms with Crippen LogP contribution in [0.15, 0.2) is 0 Å². The lowest BCUT2D eigenvalue weighted by molar-refractivity contribution is -0.136. The van der Waals surface area contributed by atoms with Gasteiger partial charge in [0.1, 0.15) is 0 Å². The molecule has 2 rings (SSSR count). The van der Waals surface area contributed by atoms with Crippen LogP contribution in [0.25, 0.3) is 0 Å². The van der Waals surface area contributed by atoms with E-state index in [0.29, 0.717) is 17.9 Å². The zero-order chi connectivity index (χ0) is 10.1. The molecule has 0 aromatic heterocycles. The average Bonchev–Trinajstić information content (AvgIpc) is 2.43. The molecule has 80 valence electrons. The summed E-state index contributed by atoms with van der Waals surface area (Å²) in [5, 5.41) is 3.19. The summed E-state index contributed by atoms with van der Waals surface area (Å²) < 4.78 is 0. The van der Waals surface area contributed by atoms with Crippen molar-refractivity contribution in [2.75, 3.05) is 13.1 Å². The Bertz CT molecular complexity index is 225. The highest BCUT2D eigenvalue weighted by molar-refractivity contribution is 5.83. The summed E-state index contributed by atoms with van der Waals surface area (Å²) >= 11 is 0. The van der Waals surface area contributed by atoms with E-state index in [2.05, 4.69) is 24.1 Å². The molecular formula is C11H20N2O. The van der Waals surface area contributed by atoms with Crippen LogP contribution in [0, 0.1) is 5.92 Å². The van der Waals surface area contributed by atoms with Crippen LogP contribution in [0.5, 0.6) is 0 Å². The topological polar surface area (TPSA) is 32.3 Å². The summed E-state index contributed by atoms with van der Waals surface area (Å²) in [6, 6.07) is 0.634. The number of nitrogens with zero attached hydrogens (tertiary/aromatic N) is 1. The Hall–Kier alpha value is -0.570. The molecule has 2 fully saturated rings. The highest BCUT2D eigenvalue weighted by Crippen LogP contribution is 2.26. The molecule has 2 heterocycles. The molecule has 3 atom stereocenters. The van der Waals surface area contributed by atoms with Gasteiger partial charge in [-0.25, -0.2) is 0 Å². The molecule has 1 N–H and O–H groups in total. The van der Waals surface area contributed by atoms with Crippen LogP contribution >= 0.6 is 0 Å². The van der Waals surface area contributed by atoms with Crippen molar-refractivity contribution >= 4 is 5.91 Å². The zero-order valence-corrected chi connectivity index (χ0v) is 9.12. The van der Waals surface area contributed by atoms with E-state index in [-0.39, 0.29) is 6.04 Å². The molecule has 0 bridgehead atoms. The number of hydrogen-bond acceptors (Lipinski definition) is 2. The maximum atomic E-state index is 12.0. The summed E-state index contributed by atoms with van der Waals surface area (Å²) in [4.78, 5) is 14.1. The Morgan fingerprint density at radius 3 is 2.79 bits per heavy atom. The molecule has 0 saturated carbocycles. The molecule has 0 aliphatic carbocycles. The van der Waals surface area contributed by atoms with E-state index >= 15 is 0 Å². The maximum Gasteiger partial charge on any atom is 0.240 e. The predicted molar refractivity (Wildman–Crippen MR) is 56.0 cm³/mol. The predicted octanol–water partition coefficient (Wildman–Crippen LogP) is 0.995. The van der Waals surface area contributed by atoms with Gasteiger partial charge in [-0.1, -0.05) is 13.8 Å². The molecule has 0 aromatic carbocycles. The second kappa shape index (κ2) is 3.89. The molecule has 1 amide bonds. The number of nitrogens with one attached hydrogen (secondary N) is 1. The van der Waals surface area contributed by atoms with Crippen molar-refractivity contribution in [3.8, 4) is 0 Å². The van der Waals surface area contributed by atoms with E-state index in [1.165, 1.54) is 6.42 Å². The Morgan fingerprint density at radius 1 is 1.57 bits per heavy atom.